The Morgan fingerprint density at radius 3 is 2.14 bits per heavy atom. The largest absolute Gasteiger partial charge is 0.298 e. The molecule has 0 N–H and O–H groups in total. The first-order valence-corrected chi connectivity index (χ1v) is 5.69. The molecule has 0 heterocycles. The minimum Gasteiger partial charge on any atom is -0.298 e. The van der Waals surface area contributed by atoms with E-state index in [0.717, 1.165) is 11.9 Å². The molecule has 0 aliphatic heterocycles. The first-order chi connectivity index (χ1) is 6.52. The average Bonchev–Trinajstić information content (AvgIpc) is 2.13. The molecule has 0 fully saturated rings. The van der Waals surface area contributed by atoms with E-state index in [1.54, 1.807) is 0 Å². The van der Waals surface area contributed by atoms with Crippen LogP contribution in [0.5, 0.6) is 0 Å². The molecular weight excluding hydrogens is 172 g/mol. The fourth-order valence-electron chi connectivity index (χ4n) is 1.55. The Balaban J connectivity index is 4.45. The Labute approximate surface area is 88.6 Å². The summed E-state index contributed by atoms with van der Waals surface area (Å²) in [6.45, 7) is 10.8. The Kier molecular flexibility index (Phi) is 6.52. The number of carbonyl (C=O) groups excluding carboxylic acids is 1. The lowest BCUT2D eigenvalue weighted by Gasteiger charge is -2.16. The maximum Gasteiger partial charge on any atom is 0.145 e. The highest BCUT2D eigenvalue weighted by atomic mass is 16.1. The molecule has 0 aliphatic rings. The highest BCUT2D eigenvalue weighted by Gasteiger charge is 2.12. The molecule has 0 aliphatic carbocycles. The zero-order valence-electron chi connectivity index (χ0n) is 10.2. The molecule has 2 unspecified atom stereocenters. The SMILES string of the molecule is CCCC(C)C=C(C=O)C(C)C(C)C. The van der Waals surface area contributed by atoms with Crippen molar-refractivity contribution in [3.8, 4) is 0 Å². The van der Waals surface area contributed by atoms with Crippen molar-refractivity contribution >= 4 is 6.29 Å². The van der Waals surface area contributed by atoms with Gasteiger partial charge in [-0.2, -0.15) is 0 Å². The Bertz CT molecular complexity index is 191. The van der Waals surface area contributed by atoms with Gasteiger partial charge in [0.1, 0.15) is 6.29 Å². The molecule has 0 bridgehead atoms. The van der Waals surface area contributed by atoms with Crippen molar-refractivity contribution in [2.45, 2.75) is 47.5 Å². The van der Waals surface area contributed by atoms with Gasteiger partial charge in [0.15, 0.2) is 0 Å². The van der Waals surface area contributed by atoms with Crippen LogP contribution in [0, 0.1) is 17.8 Å². The molecule has 2 atom stereocenters. The molecule has 1 nitrogen and oxygen atoms in total. The molecule has 1 heteroatoms. The van der Waals surface area contributed by atoms with Crippen molar-refractivity contribution in [2.75, 3.05) is 0 Å². The topological polar surface area (TPSA) is 17.1 Å². The number of allylic oxidation sites excluding steroid dienone is 2. The van der Waals surface area contributed by atoms with Gasteiger partial charge in [0.2, 0.25) is 0 Å². The van der Waals surface area contributed by atoms with Gasteiger partial charge in [0.05, 0.1) is 0 Å². The molecule has 0 spiro atoms. The van der Waals surface area contributed by atoms with E-state index in [2.05, 4.69) is 40.7 Å². The summed E-state index contributed by atoms with van der Waals surface area (Å²) in [6.07, 6.45) is 5.51. The van der Waals surface area contributed by atoms with E-state index in [1.807, 2.05) is 0 Å². The summed E-state index contributed by atoms with van der Waals surface area (Å²) in [7, 11) is 0. The summed E-state index contributed by atoms with van der Waals surface area (Å²) in [5.74, 6) is 1.45. The lowest BCUT2D eigenvalue weighted by Crippen LogP contribution is -2.09. The summed E-state index contributed by atoms with van der Waals surface area (Å²) >= 11 is 0. The average molecular weight is 196 g/mol. The van der Waals surface area contributed by atoms with Crippen molar-refractivity contribution in [1.29, 1.82) is 0 Å². The maximum absolute atomic E-state index is 10.9. The van der Waals surface area contributed by atoms with Crippen LogP contribution in [0.2, 0.25) is 0 Å². The van der Waals surface area contributed by atoms with Crippen LogP contribution in [0.4, 0.5) is 0 Å². The standard InChI is InChI=1S/C13H24O/c1-6-7-11(4)8-13(9-14)12(5)10(2)3/h8-12H,6-7H2,1-5H3. The van der Waals surface area contributed by atoms with Gasteiger partial charge in [-0.1, -0.05) is 47.1 Å². The molecule has 0 aromatic carbocycles. The predicted molar refractivity (Wildman–Crippen MR) is 62.2 cm³/mol. The third kappa shape index (κ3) is 4.59. The van der Waals surface area contributed by atoms with Gasteiger partial charge in [0.25, 0.3) is 0 Å². The summed E-state index contributed by atoms with van der Waals surface area (Å²) in [5.41, 5.74) is 0.973. The number of carbonyl (C=O) groups is 1. The second kappa shape index (κ2) is 6.80. The van der Waals surface area contributed by atoms with Crippen molar-refractivity contribution in [3.05, 3.63) is 11.6 Å². The molecule has 0 saturated heterocycles. The molecule has 0 aromatic rings. The number of hydrogen-bond acceptors (Lipinski definition) is 1. The Morgan fingerprint density at radius 1 is 1.21 bits per heavy atom. The summed E-state index contributed by atoms with van der Waals surface area (Å²) in [5, 5.41) is 0. The van der Waals surface area contributed by atoms with Crippen molar-refractivity contribution < 1.29 is 4.79 Å². The Hall–Kier alpha value is -0.590. The zero-order valence-corrected chi connectivity index (χ0v) is 10.2. The van der Waals surface area contributed by atoms with Gasteiger partial charge in [-0.05, 0) is 29.7 Å². The molecular formula is C13H24O. The number of rotatable bonds is 6. The van der Waals surface area contributed by atoms with E-state index in [0.29, 0.717) is 17.8 Å². The maximum atomic E-state index is 10.9. The highest BCUT2D eigenvalue weighted by molar-refractivity contribution is 5.73. The third-order valence-corrected chi connectivity index (χ3v) is 2.88. The van der Waals surface area contributed by atoms with Gasteiger partial charge >= 0.3 is 0 Å². The molecule has 14 heavy (non-hydrogen) atoms. The van der Waals surface area contributed by atoms with Gasteiger partial charge in [0, 0.05) is 0 Å². The summed E-state index contributed by atoms with van der Waals surface area (Å²) in [4.78, 5) is 10.9. The van der Waals surface area contributed by atoms with Crippen LogP contribution in [0.25, 0.3) is 0 Å². The molecule has 0 aromatic heterocycles. The lowest BCUT2D eigenvalue weighted by atomic mass is 9.88. The van der Waals surface area contributed by atoms with Crippen molar-refractivity contribution in [3.63, 3.8) is 0 Å². The van der Waals surface area contributed by atoms with E-state index in [4.69, 9.17) is 0 Å². The minimum atomic E-state index is 0.381. The lowest BCUT2D eigenvalue weighted by molar-refractivity contribution is -0.105. The van der Waals surface area contributed by atoms with Crippen LogP contribution in [0.15, 0.2) is 11.6 Å². The second-order valence-electron chi connectivity index (χ2n) is 4.58. The summed E-state index contributed by atoms with van der Waals surface area (Å²) < 4.78 is 0. The molecule has 0 rings (SSSR count). The van der Waals surface area contributed by atoms with Gasteiger partial charge in [-0.25, -0.2) is 0 Å². The third-order valence-electron chi connectivity index (χ3n) is 2.88. The fraction of sp³-hybridized carbons (Fsp3) is 0.769. The van der Waals surface area contributed by atoms with Crippen LogP contribution < -0.4 is 0 Å². The second-order valence-corrected chi connectivity index (χ2v) is 4.58. The first kappa shape index (κ1) is 13.4. The van der Waals surface area contributed by atoms with E-state index in [9.17, 15) is 4.79 Å². The molecule has 0 saturated carbocycles. The quantitative estimate of drug-likeness (QED) is 0.466. The van der Waals surface area contributed by atoms with Crippen LogP contribution in [-0.4, -0.2) is 6.29 Å². The smallest absolute Gasteiger partial charge is 0.145 e. The number of aldehydes is 1. The Morgan fingerprint density at radius 2 is 1.79 bits per heavy atom. The summed E-state index contributed by atoms with van der Waals surface area (Å²) in [6, 6.07) is 0. The van der Waals surface area contributed by atoms with E-state index >= 15 is 0 Å². The van der Waals surface area contributed by atoms with E-state index in [1.165, 1.54) is 12.8 Å². The van der Waals surface area contributed by atoms with Crippen LogP contribution in [-0.2, 0) is 4.79 Å². The molecule has 0 radical (unpaired) electrons. The normalized spacial score (nSPS) is 16.9. The highest BCUT2D eigenvalue weighted by Crippen LogP contribution is 2.20. The number of hydrogen-bond donors (Lipinski definition) is 0. The zero-order chi connectivity index (χ0) is 11.1. The minimum absolute atomic E-state index is 0.381. The monoisotopic (exact) mass is 196 g/mol. The van der Waals surface area contributed by atoms with Crippen molar-refractivity contribution in [2.24, 2.45) is 17.8 Å². The van der Waals surface area contributed by atoms with Crippen LogP contribution in [0.3, 0.4) is 0 Å². The van der Waals surface area contributed by atoms with Gasteiger partial charge < -0.3 is 0 Å². The van der Waals surface area contributed by atoms with Crippen LogP contribution in [0.1, 0.15) is 47.5 Å². The van der Waals surface area contributed by atoms with Gasteiger partial charge in [-0.15, -0.1) is 0 Å². The predicted octanol–water partition coefficient (Wildman–Crippen LogP) is 3.84. The fourth-order valence-corrected chi connectivity index (χ4v) is 1.55. The molecule has 0 amide bonds. The van der Waals surface area contributed by atoms with Crippen molar-refractivity contribution in [1.82, 2.24) is 0 Å². The van der Waals surface area contributed by atoms with E-state index in [-0.39, 0.29) is 0 Å². The van der Waals surface area contributed by atoms with E-state index < -0.39 is 0 Å². The van der Waals surface area contributed by atoms with Gasteiger partial charge in [-0.3, -0.25) is 4.79 Å². The van der Waals surface area contributed by atoms with Crippen LogP contribution >= 0.6 is 0 Å². The first-order valence-electron chi connectivity index (χ1n) is 5.69. The molecule has 82 valence electrons.